The average Bonchev–Trinajstić information content (AvgIpc) is 3.19. The minimum Gasteiger partial charge on any atom is -0.322 e. The summed E-state index contributed by atoms with van der Waals surface area (Å²) in [5.41, 5.74) is 2.99. The number of amides is 2. The quantitative estimate of drug-likeness (QED) is 0.448. The van der Waals surface area contributed by atoms with Crippen molar-refractivity contribution in [1.82, 2.24) is 9.78 Å². The highest BCUT2D eigenvalue weighted by molar-refractivity contribution is 6.30. The number of carbonyl (C=O) groups is 2. The summed E-state index contributed by atoms with van der Waals surface area (Å²) in [4.78, 5) is 25.9. The fourth-order valence-corrected chi connectivity index (χ4v) is 3.22. The van der Waals surface area contributed by atoms with E-state index < -0.39 is 5.91 Å². The molecule has 0 aliphatic carbocycles. The van der Waals surface area contributed by atoms with E-state index in [1.165, 1.54) is 10.9 Å². The zero-order valence-corrected chi connectivity index (χ0v) is 17.4. The van der Waals surface area contributed by atoms with Crippen LogP contribution in [0.3, 0.4) is 0 Å². The number of aromatic nitrogens is 2. The second-order valence-corrected chi connectivity index (χ2v) is 7.38. The number of para-hydroxylation sites is 1. The van der Waals surface area contributed by atoms with Gasteiger partial charge in [-0.15, -0.1) is 0 Å². The van der Waals surface area contributed by atoms with Gasteiger partial charge in [-0.3, -0.25) is 9.59 Å². The van der Waals surface area contributed by atoms with E-state index in [0.29, 0.717) is 22.0 Å². The van der Waals surface area contributed by atoms with Gasteiger partial charge in [-0.2, -0.15) is 5.10 Å². The van der Waals surface area contributed by atoms with Gasteiger partial charge in [0.25, 0.3) is 11.8 Å². The minimum absolute atomic E-state index is 0.236. The molecule has 0 fully saturated rings. The van der Waals surface area contributed by atoms with Gasteiger partial charge in [0.2, 0.25) is 0 Å². The molecule has 1 aromatic heterocycles. The summed E-state index contributed by atoms with van der Waals surface area (Å²) in [5.74, 6) is -0.449. The second-order valence-electron chi connectivity index (χ2n) is 6.94. The number of aryl methyl sites for hydroxylation is 1. The molecular weight excluding hydrogens is 412 g/mol. The molecular formula is C24H19ClN4O2. The van der Waals surface area contributed by atoms with Gasteiger partial charge in [0.15, 0.2) is 0 Å². The highest BCUT2D eigenvalue weighted by atomic mass is 35.5. The highest BCUT2D eigenvalue weighted by Crippen LogP contribution is 2.23. The van der Waals surface area contributed by atoms with Gasteiger partial charge in [-0.25, -0.2) is 4.68 Å². The van der Waals surface area contributed by atoms with Gasteiger partial charge in [-0.1, -0.05) is 47.5 Å². The molecule has 0 spiro atoms. The zero-order valence-electron chi connectivity index (χ0n) is 16.7. The van der Waals surface area contributed by atoms with Crippen molar-refractivity contribution in [2.75, 3.05) is 10.6 Å². The van der Waals surface area contributed by atoms with Crippen LogP contribution < -0.4 is 10.6 Å². The van der Waals surface area contributed by atoms with Crippen molar-refractivity contribution >= 4 is 34.9 Å². The SMILES string of the molecule is Cc1cccc(C(=O)Nc2c(C(=O)Nc3ccc(Cl)cc3)cnn2-c2ccccc2)c1. The number of hydrogen-bond donors (Lipinski definition) is 2. The summed E-state index contributed by atoms with van der Waals surface area (Å²) in [5, 5.41) is 10.6. The number of halogens is 1. The molecule has 7 heteroatoms. The molecule has 0 saturated heterocycles. The van der Waals surface area contributed by atoms with E-state index in [9.17, 15) is 9.59 Å². The van der Waals surface area contributed by atoms with Crippen LogP contribution in [0.5, 0.6) is 0 Å². The molecule has 4 aromatic rings. The number of benzene rings is 3. The molecule has 0 atom stereocenters. The maximum Gasteiger partial charge on any atom is 0.261 e. The Morgan fingerprint density at radius 1 is 0.871 bits per heavy atom. The first-order valence-electron chi connectivity index (χ1n) is 9.59. The van der Waals surface area contributed by atoms with Crippen LogP contribution in [0.1, 0.15) is 26.3 Å². The molecule has 0 bridgehead atoms. The van der Waals surface area contributed by atoms with Gasteiger partial charge in [0.05, 0.1) is 11.9 Å². The molecule has 2 amide bonds. The summed E-state index contributed by atoms with van der Waals surface area (Å²) >= 11 is 5.91. The van der Waals surface area contributed by atoms with Crippen LogP contribution in [0.15, 0.2) is 85.1 Å². The van der Waals surface area contributed by atoms with Crippen molar-refractivity contribution in [2.24, 2.45) is 0 Å². The molecule has 31 heavy (non-hydrogen) atoms. The van der Waals surface area contributed by atoms with Crippen LogP contribution in [-0.4, -0.2) is 21.6 Å². The highest BCUT2D eigenvalue weighted by Gasteiger charge is 2.21. The largest absolute Gasteiger partial charge is 0.322 e. The Hall–Kier alpha value is -3.90. The van der Waals surface area contributed by atoms with Gasteiger partial charge >= 0.3 is 0 Å². The summed E-state index contributed by atoms with van der Waals surface area (Å²) in [6.45, 7) is 1.91. The maximum atomic E-state index is 13.0. The van der Waals surface area contributed by atoms with E-state index in [-0.39, 0.29) is 17.3 Å². The van der Waals surface area contributed by atoms with Crippen molar-refractivity contribution in [2.45, 2.75) is 6.92 Å². The van der Waals surface area contributed by atoms with Gasteiger partial charge < -0.3 is 10.6 Å². The Morgan fingerprint density at radius 2 is 1.61 bits per heavy atom. The Morgan fingerprint density at radius 3 is 2.32 bits per heavy atom. The number of carbonyl (C=O) groups excluding carboxylic acids is 2. The molecule has 0 aliphatic heterocycles. The zero-order chi connectivity index (χ0) is 21.8. The van der Waals surface area contributed by atoms with E-state index in [1.54, 1.807) is 36.4 Å². The van der Waals surface area contributed by atoms with Crippen LogP contribution in [0.4, 0.5) is 11.5 Å². The van der Waals surface area contributed by atoms with Gasteiger partial charge in [-0.05, 0) is 55.5 Å². The monoisotopic (exact) mass is 430 g/mol. The normalized spacial score (nSPS) is 10.5. The third-order valence-electron chi connectivity index (χ3n) is 4.63. The van der Waals surface area contributed by atoms with Crippen LogP contribution >= 0.6 is 11.6 Å². The van der Waals surface area contributed by atoms with E-state index in [1.807, 2.05) is 49.4 Å². The molecule has 0 aliphatic rings. The lowest BCUT2D eigenvalue weighted by Crippen LogP contribution is -2.19. The standard InChI is InChI=1S/C24H19ClN4O2/c1-16-6-5-7-17(14-16)23(30)28-22-21(15-26-29(22)20-8-3-2-4-9-20)24(31)27-19-12-10-18(25)11-13-19/h2-15H,1H3,(H,27,31)(H,28,30). The van der Waals surface area contributed by atoms with Crippen LogP contribution in [0.25, 0.3) is 5.69 Å². The van der Waals surface area contributed by atoms with Crippen LogP contribution in [0.2, 0.25) is 5.02 Å². The van der Waals surface area contributed by atoms with Crippen LogP contribution in [-0.2, 0) is 0 Å². The Kier molecular flexibility index (Phi) is 5.82. The Labute approximate surface area is 184 Å². The molecule has 1 heterocycles. The van der Waals surface area contributed by atoms with Crippen molar-refractivity contribution in [3.63, 3.8) is 0 Å². The first-order valence-corrected chi connectivity index (χ1v) is 9.97. The number of nitrogens with zero attached hydrogens (tertiary/aromatic N) is 2. The molecule has 0 saturated carbocycles. The first kappa shape index (κ1) is 20.4. The molecule has 6 nitrogen and oxygen atoms in total. The van der Waals surface area contributed by atoms with Crippen molar-refractivity contribution in [3.8, 4) is 5.69 Å². The Bertz CT molecular complexity index is 1230. The third-order valence-corrected chi connectivity index (χ3v) is 4.88. The predicted octanol–water partition coefficient (Wildman–Crippen LogP) is 5.34. The molecule has 0 unspecified atom stereocenters. The number of nitrogens with one attached hydrogen (secondary N) is 2. The lowest BCUT2D eigenvalue weighted by molar-refractivity contribution is 0.102. The fourth-order valence-electron chi connectivity index (χ4n) is 3.10. The van der Waals surface area contributed by atoms with Gasteiger partial charge in [0, 0.05) is 16.3 Å². The average molecular weight is 431 g/mol. The fraction of sp³-hybridized carbons (Fsp3) is 0.0417. The van der Waals surface area contributed by atoms with Gasteiger partial charge in [0.1, 0.15) is 11.4 Å². The summed E-state index contributed by atoms with van der Waals surface area (Å²) in [7, 11) is 0. The summed E-state index contributed by atoms with van der Waals surface area (Å²) in [6, 6.07) is 23.3. The maximum absolute atomic E-state index is 13.0. The topological polar surface area (TPSA) is 76.0 Å². The number of anilines is 2. The van der Waals surface area contributed by atoms with Crippen molar-refractivity contribution < 1.29 is 9.59 Å². The molecule has 3 aromatic carbocycles. The van der Waals surface area contributed by atoms with E-state index in [2.05, 4.69) is 15.7 Å². The van der Waals surface area contributed by atoms with Crippen molar-refractivity contribution in [3.05, 3.63) is 107 Å². The minimum atomic E-state index is -0.399. The van der Waals surface area contributed by atoms with Crippen molar-refractivity contribution in [1.29, 1.82) is 0 Å². The van der Waals surface area contributed by atoms with E-state index >= 15 is 0 Å². The summed E-state index contributed by atoms with van der Waals surface area (Å²) < 4.78 is 1.53. The van der Waals surface area contributed by atoms with Crippen LogP contribution in [0, 0.1) is 6.92 Å². The molecule has 0 radical (unpaired) electrons. The predicted molar refractivity (Wildman–Crippen MR) is 122 cm³/mol. The number of rotatable bonds is 5. The smallest absolute Gasteiger partial charge is 0.261 e. The Balaban J connectivity index is 1.70. The summed E-state index contributed by atoms with van der Waals surface area (Å²) in [6.07, 6.45) is 1.43. The van der Waals surface area contributed by atoms with E-state index in [0.717, 1.165) is 5.56 Å². The first-order chi connectivity index (χ1) is 15.0. The second kappa shape index (κ2) is 8.85. The lowest BCUT2D eigenvalue weighted by atomic mass is 10.1. The van der Waals surface area contributed by atoms with E-state index in [4.69, 9.17) is 11.6 Å². The molecule has 2 N–H and O–H groups in total. The molecule has 4 rings (SSSR count). The molecule has 154 valence electrons. The lowest BCUT2D eigenvalue weighted by Gasteiger charge is -2.12. The third kappa shape index (κ3) is 4.65. The number of hydrogen-bond acceptors (Lipinski definition) is 3.